The molecule has 0 bridgehead atoms. The molecule has 2 atom stereocenters. The molecule has 1 amide bonds. The van der Waals surface area contributed by atoms with E-state index in [1.54, 1.807) is 0 Å². The Labute approximate surface area is 143 Å². The number of nitrogens with zero attached hydrogens (tertiary/aromatic N) is 2. The van der Waals surface area contributed by atoms with Crippen LogP contribution >= 0.6 is 0 Å². The van der Waals surface area contributed by atoms with Crippen LogP contribution in [0.15, 0.2) is 6.07 Å². The lowest BCUT2D eigenvalue weighted by Crippen LogP contribution is -2.33. The molecule has 0 aromatic carbocycles. The van der Waals surface area contributed by atoms with Crippen LogP contribution in [-0.4, -0.2) is 53.5 Å². The lowest BCUT2D eigenvalue weighted by Gasteiger charge is -2.14. The Morgan fingerprint density at radius 2 is 2.25 bits per heavy atom. The molecule has 1 spiro atoms. The lowest BCUT2D eigenvalue weighted by molar-refractivity contribution is -0.109. The van der Waals surface area contributed by atoms with Crippen LogP contribution in [0.25, 0.3) is 0 Å². The first kappa shape index (κ1) is 17.1. The van der Waals surface area contributed by atoms with Crippen LogP contribution < -0.4 is 5.32 Å². The normalized spacial score (nSPS) is 26.2. The largest absolute Gasteiger partial charge is 0.336 e. The average Bonchev–Trinajstić information content (AvgIpc) is 3.35. The van der Waals surface area contributed by atoms with Crippen molar-refractivity contribution in [1.29, 1.82) is 0 Å². The Kier molecular flexibility index (Phi) is 4.76. The molecule has 2 heterocycles. The van der Waals surface area contributed by atoms with Gasteiger partial charge in [0.2, 0.25) is 0 Å². The first-order chi connectivity index (χ1) is 11.5. The summed E-state index contributed by atoms with van der Waals surface area (Å²) < 4.78 is 0. The van der Waals surface area contributed by atoms with E-state index in [-0.39, 0.29) is 5.91 Å². The van der Waals surface area contributed by atoms with Crippen LogP contribution in [0.3, 0.4) is 0 Å². The van der Waals surface area contributed by atoms with Gasteiger partial charge < -0.3 is 15.0 Å². The average molecular weight is 332 g/mol. The predicted molar refractivity (Wildman–Crippen MR) is 91.9 cm³/mol. The van der Waals surface area contributed by atoms with Gasteiger partial charge in [-0.25, -0.2) is 0 Å². The molecule has 6 nitrogen and oxygen atoms in total. The lowest BCUT2D eigenvalue weighted by atomic mass is 10.1. The highest BCUT2D eigenvalue weighted by Gasteiger charge is 2.62. The van der Waals surface area contributed by atoms with Gasteiger partial charge in [-0.2, -0.15) is 5.10 Å². The maximum absolute atomic E-state index is 12.2. The Hall–Kier alpha value is -1.69. The zero-order chi connectivity index (χ0) is 17.3. The first-order valence-electron chi connectivity index (χ1n) is 8.96. The van der Waals surface area contributed by atoms with E-state index in [1.165, 1.54) is 19.3 Å². The standard InChI is InChI=1S/C12H20N4O.C6H8O/c1-8(2)10-6-11(15-14-10)12(17)16-5-4-9(7-16)13-3;7-4-5-3-6(5)1-2-6/h6,8-9,13H,4-5,7H2,1-3H3,(H,14,15);4-5H,1-3H2. The van der Waals surface area contributed by atoms with Gasteiger partial charge in [0.05, 0.1) is 0 Å². The number of aromatic amines is 1. The minimum Gasteiger partial charge on any atom is -0.336 e. The summed E-state index contributed by atoms with van der Waals surface area (Å²) in [5.41, 5.74) is 2.14. The molecule has 2 saturated carbocycles. The molecule has 1 saturated heterocycles. The fraction of sp³-hybridized carbons (Fsp3) is 0.722. The van der Waals surface area contributed by atoms with Gasteiger partial charge in [-0.1, -0.05) is 13.8 Å². The molecule has 132 valence electrons. The molecule has 6 heteroatoms. The summed E-state index contributed by atoms with van der Waals surface area (Å²) in [6, 6.07) is 2.28. The monoisotopic (exact) mass is 332 g/mol. The predicted octanol–water partition coefficient (Wildman–Crippen LogP) is 1.95. The molecule has 2 unspecified atom stereocenters. The highest BCUT2D eigenvalue weighted by atomic mass is 16.2. The van der Waals surface area contributed by atoms with Crippen molar-refractivity contribution in [2.45, 2.75) is 51.5 Å². The van der Waals surface area contributed by atoms with Crippen LogP contribution in [0.1, 0.15) is 61.6 Å². The zero-order valence-electron chi connectivity index (χ0n) is 14.8. The smallest absolute Gasteiger partial charge is 0.274 e. The number of carbonyl (C=O) groups excluding carboxylic acids is 2. The quantitative estimate of drug-likeness (QED) is 0.826. The van der Waals surface area contributed by atoms with Gasteiger partial charge in [-0.15, -0.1) is 0 Å². The van der Waals surface area contributed by atoms with E-state index >= 15 is 0 Å². The molecule has 2 N–H and O–H groups in total. The third-order valence-electron chi connectivity index (χ3n) is 5.63. The number of nitrogens with one attached hydrogen (secondary N) is 2. The van der Waals surface area contributed by atoms with Crippen molar-refractivity contribution >= 4 is 12.2 Å². The second-order valence-corrected chi connectivity index (χ2v) is 7.70. The van der Waals surface area contributed by atoms with Gasteiger partial charge in [0.25, 0.3) is 5.91 Å². The van der Waals surface area contributed by atoms with Crippen molar-refractivity contribution in [2.24, 2.45) is 11.3 Å². The maximum Gasteiger partial charge on any atom is 0.274 e. The van der Waals surface area contributed by atoms with Crippen molar-refractivity contribution in [3.05, 3.63) is 17.5 Å². The second kappa shape index (κ2) is 6.67. The number of hydrogen-bond acceptors (Lipinski definition) is 4. The number of hydrogen-bond donors (Lipinski definition) is 2. The molecule has 1 aromatic rings. The molecule has 1 aliphatic heterocycles. The number of amides is 1. The van der Waals surface area contributed by atoms with E-state index in [9.17, 15) is 9.59 Å². The van der Waals surface area contributed by atoms with Crippen molar-refractivity contribution in [3.8, 4) is 0 Å². The summed E-state index contributed by atoms with van der Waals surface area (Å²) in [5.74, 6) is 0.881. The molecule has 1 aromatic heterocycles. The van der Waals surface area contributed by atoms with Crippen LogP contribution in [0.2, 0.25) is 0 Å². The minimum absolute atomic E-state index is 0.0332. The van der Waals surface area contributed by atoms with E-state index in [1.807, 2.05) is 18.0 Å². The summed E-state index contributed by atoms with van der Waals surface area (Å²) in [4.78, 5) is 24.0. The van der Waals surface area contributed by atoms with E-state index < -0.39 is 0 Å². The van der Waals surface area contributed by atoms with Crippen LogP contribution in [0, 0.1) is 11.3 Å². The van der Waals surface area contributed by atoms with Crippen LogP contribution in [-0.2, 0) is 4.79 Å². The molecule has 4 rings (SSSR count). The molecular formula is C18H28N4O2. The van der Waals surface area contributed by atoms with Crippen LogP contribution in [0.5, 0.6) is 0 Å². The highest BCUT2D eigenvalue weighted by molar-refractivity contribution is 5.92. The number of carbonyl (C=O) groups is 2. The molecular weight excluding hydrogens is 304 g/mol. The Morgan fingerprint density at radius 1 is 1.50 bits per heavy atom. The van der Waals surface area contributed by atoms with E-state index in [4.69, 9.17) is 0 Å². The van der Waals surface area contributed by atoms with Crippen LogP contribution in [0.4, 0.5) is 0 Å². The number of likely N-dealkylation sites (N-methyl/N-ethyl adjacent to an activating group) is 1. The van der Waals surface area contributed by atoms with Crippen molar-refractivity contribution < 1.29 is 9.59 Å². The fourth-order valence-corrected chi connectivity index (χ4v) is 3.39. The third-order valence-corrected chi connectivity index (χ3v) is 5.63. The number of H-pyrrole nitrogens is 1. The highest BCUT2D eigenvalue weighted by Crippen LogP contribution is 2.69. The topological polar surface area (TPSA) is 78.1 Å². The maximum atomic E-state index is 12.2. The summed E-state index contributed by atoms with van der Waals surface area (Å²) >= 11 is 0. The molecule has 24 heavy (non-hydrogen) atoms. The third kappa shape index (κ3) is 3.53. The van der Waals surface area contributed by atoms with E-state index in [2.05, 4.69) is 29.4 Å². The number of rotatable bonds is 4. The zero-order valence-corrected chi connectivity index (χ0v) is 14.8. The summed E-state index contributed by atoms with van der Waals surface area (Å²) in [6.45, 7) is 5.75. The SMILES string of the molecule is CNC1CCN(C(=O)c2cc(C(C)C)[nH]n2)C1.O=CC1CC12CC2. The molecule has 3 fully saturated rings. The number of aromatic nitrogens is 2. The second-order valence-electron chi connectivity index (χ2n) is 7.70. The van der Waals surface area contributed by atoms with Gasteiger partial charge >= 0.3 is 0 Å². The van der Waals surface area contributed by atoms with Crippen molar-refractivity contribution in [1.82, 2.24) is 20.4 Å². The van der Waals surface area contributed by atoms with Gasteiger partial charge in [-0.3, -0.25) is 9.89 Å². The Balaban J connectivity index is 0.000000198. The Bertz CT molecular complexity index is 606. The molecule has 0 radical (unpaired) electrons. The van der Waals surface area contributed by atoms with Gasteiger partial charge in [0.15, 0.2) is 0 Å². The van der Waals surface area contributed by atoms with Gasteiger partial charge in [0, 0.05) is 30.7 Å². The van der Waals surface area contributed by atoms with Gasteiger partial charge in [0.1, 0.15) is 12.0 Å². The van der Waals surface area contributed by atoms with E-state index in [0.29, 0.717) is 29.0 Å². The van der Waals surface area contributed by atoms with Crippen molar-refractivity contribution in [3.63, 3.8) is 0 Å². The van der Waals surface area contributed by atoms with Gasteiger partial charge in [-0.05, 0) is 50.1 Å². The summed E-state index contributed by atoms with van der Waals surface area (Å²) in [7, 11) is 1.93. The Morgan fingerprint density at radius 3 is 2.67 bits per heavy atom. The van der Waals surface area contributed by atoms with Crippen molar-refractivity contribution in [2.75, 3.05) is 20.1 Å². The fourth-order valence-electron chi connectivity index (χ4n) is 3.39. The van der Waals surface area contributed by atoms with E-state index in [0.717, 1.165) is 31.5 Å². The number of likely N-dealkylation sites (tertiary alicyclic amines) is 1. The molecule has 2 aliphatic carbocycles. The minimum atomic E-state index is 0.0332. The first-order valence-corrected chi connectivity index (χ1v) is 8.96. The molecule has 3 aliphatic rings. The number of aldehydes is 1. The summed E-state index contributed by atoms with van der Waals surface area (Å²) in [6.07, 6.45) is 6.00. The summed E-state index contributed by atoms with van der Waals surface area (Å²) in [5, 5.41) is 10.2.